The van der Waals surface area contributed by atoms with E-state index < -0.39 is 32.3 Å². The van der Waals surface area contributed by atoms with Crippen LogP contribution in [0.5, 0.6) is 0 Å². The van der Waals surface area contributed by atoms with Gasteiger partial charge in [-0.25, -0.2) is 4.44 Å². The smallest absolute Gasteiger partial charge is 0.143 e. The van der Waals surface area contributed by atoms with Gasteiger partial charge in [-0.15, -0.1) is 0 Å². The van der Waals surface area contributed by atoms with Crippen LogP contribution in [0.3, 0.4) is 0 Å². The average Bonchev–Trinajstić information content (AvgIpc) is 3.98. The summed E-state index contributed by atoms with van der Waals surface area (Å²) in [6, 6.07) is 46.8. The third-order valence-corrected chi connectivity index (χ3v) is 29.9. The van der Waals surface area contributed by atoms with Gasteiger partial charge in [0.2, 0.25) is 0 Å². The largest absolute Gasteiger partial charge is 0.464 e. The van der Waals surface area contributed by atoms with Crippen molar-refractivity contribution in [2.24, 2.45) is 0 Å². The first-order valence-electron chi connectivity index (χ1n) is 23.9. The fourth-order valence-corrected chi connectivity index (χ4v) is 26.9. The van der Waals surface area contributed by atoms with Crippen LogP contribution in [0.4, 0.5) is 0 Å². The molecule has 2 heterocycles. The van der Waals surface area contributed by atoms with E-state index in [1.807, 2.05) is 12.5 Å². The van der Waals surface area contributed by atoms with Crippen LogP contribution >= 0.6 is 16.1 Å². The quantitative estimate of drug-likeness (QED) is 0.0402. The molecule has 6 aromatic rings. The van der Waals surface area contributed by atoms with Gasteiger partial charge in [-0.1, -0.05) is 238 Å². The summed E-state index contributed by atoms with van der Waals surface area (Å²) >= 11 is 0. The Hall–Kier alpha value is -2.79. The molecule has 322 valence electrons. The van der Waals surface area contributed by atoms with E-state index in [9.17, 15) is 0 Å². The number of nitrogens with zero attached hydrogens (tertiary/aromatic N) is 1. The second-order valence-corrected chi connectivity index (χ2v) is 31.7. The van der Waals surface area contributed by atoms with Gasteiger partial charge in [0, 0.05) is 37.5 Å². The summed E-state index contributed by atoms with van der Waals surface area (Å²) in [5, 5.41) is 11.0. The number of unbranched alkanes of at least 4 members (excludes halogenated alkanes) is 6. The number of hydrogen-bond donors (Lipinski definition) is 0. The zero-order valence-electron chi connectivity index (χ0n) is 38.3. The van der Waals surface area contributed by atoms with Crippen LogP contribution in [0.1, 0.15) is 119 Å². The molecule has 0 aliphatic rings. The van der Waals surface area contributed by atoms with E-state index >= 15 is 0 Å². The summed E-state index contributed by atoms with van der Waals surface area (Å²) in [6.07, 6.45) is 19.5. The Kier molecular flexibility index (Phi) is 17.9. The molecule has 0 radical (unpaired) electrons. The maximum atomic E-state index is 6.36. The molecule has 0 spiro atoms. The Balaban J connectivity index is 1.53. The van der Waals surface area contributed by atoms with Crippen LogP contribution in [-0.2, 0) is 0 Å². The summed E-state index contributed by atoms with van der Waals surface area (Å²) in [5.74, 6) is 0. The first-order chi connectivity index (χ1) is 29.4. The van der Waals surface area contributed by atoms with Crippen LogP contribution in [0.15, 0.2) is 118 Å². The Morgan fingerprint density at radius 3 is 1.07 bits per heavy atom. The minimum Gasteiger partial charge on any atom is -0.464 e. The summed E-state index contributed by atoms with van der Waals surface area (Å²) in [5.41, 5.74) is 1.97. The molecule has 0 fully saturated rings. The molecule has 0 atom stereocenters. The topological polar surface area (TPSA) is 29.5 Å². The molecule has 7 heteroatoms. The molecule has 3 nitrogen and oxygen atoms in total. The molecule has 6 rings (SSSR count). The molecule has 0 aliphatic carbocycles. The van der Waals surface area contributed by atoms with Crippen molar-refractivity contribution in [3.63, 3.8) is 0 Å². The van der Waals surface area contributed by atoms with Gasteiger partial charge in [-0.3, -0.25) is 0 Å². The molecule has 0 saturated carbocycles. The van der Waals surface area contributed by atoms with Gasteiger partial charge in [-0.05, 0) is 41.9 Å². The molecule has 0 N–H and O–H groups in total. The summed E-state index contributed by atoms with van der Waals surface area (Å²) in [7, 11) is -2.91. The highest BCUT2D eigenvalue weighted by Gasteiger charge is 2.37. The Bertz CT molecular complexity index is 1970. The van der Waals surface area contributed by atoms with Crippen molar-refractivity contribution in [2.75, 3.05) is 7.05 Å². The number of benzene rings is 4. The van der Waals surface area contributed by atoms with Crippen LogP contribution in [0.2, 0.25) is 36.3 Å². The fraction of sp³-hybridized carbons (Fsp3) is 0.472. The number of para-hydroxylation sites is 2. The van der Waals surface area contributed by atoms with Gasteiger partial charge >= 0.3 is 0 Å². The summed E-state index contributed by atoms with van der Waals surface area (Å²) < 4.78 is 15.5. The first-order valence-corrected chi connectivity index (χ1v) is 31.7. The van der Waals surface area contributed by atoms with Gasteiger partial charge in [0.05, 0.1) is 28.7 Å². The highest BCUT2D eigenvalue weighted by molar-refractivity contribution is 7.85. The van der Waals surface area contributed by atoms with Crippen LogP contribution in [0.25, 0.3) is 21.9 Å². The zero-order valence-corrected chi connectivity index (χ0v) is 42.1. The summed E-state index contributed by atoms with van der Waals surface area (Å²) in [6.45, 7) is 14.3. The van der Waals surface area contributed by atoms with Crippen molar-refractivity contribution in [1.29, 1.82) is 0 Å². The van der Waals surface area contributed by atoms with Crippen molar-refractivity contribution in [3.8, 4) is 0 Å². The third kappa shape index (κ3) is 10.7. The van der Waals surface area contributed by atoms with E-state index in [0.29, 0.717) is 0 Å². The fourth-order valence-electron chi connectivity index (χ4n) is 9.92. The third-order valence-electron chi connectivity index (χ3n) is 13.5. The van der Waals surface area contributed by atoms with Crippen molar-refractivity contribution in [1.82, 2.24) is 4.44 Å². The highest BCUT2D eigenvalue weighted by Crippen LogP contribution is 2.54. The van der Waals surface area contributed by atoms with Crippen molar-refractivity contribution >= 4 is 85.8 Å². The van der Waals surface area contributed by atoms with Crippen molar-refractivity contribution < 1.29 is 8.83 Å². The van der Waals surface area contributed by atoms with Crippen molar-refractivity contribution in [3.05, 3.63) is 110 Å². The van der Waals surface area contributed by atoms with Gasteiger partial charge in [0.1, 0.15) is 11.2 Å². The molecule has 2 aromatic heterocycles. The van der Waals surface area contributed by atoms with Gasteiger partial charge in [0.15, 0.2) is 0 Å². The maximum absolute atomic E-state index is 6.36. The second kappa shape index (κ2) is 23.1. The maximum Gasteiger partial charge on any atom is 0.143 e. The Morgan fingerprint density at radius 2 is 0.750 bits per heavy atom. The molecule has 0 aliphatic heterocycles. The molecular weight excluding hydrogens is 801 g/mol. The molecule has 4 aromatic carbocycles. The number of rotatable bonds is 26. The first kappa shape index (κ1) is 46.7. The van der Waals surface area contributed by atoms with Crippen LogP contribution < -0.4 is 31.6 Å². The Morgan fingerprint density at radius 1 is 0.417 bits per heavy atom. The molecule has 0 unspecified atom stereocenters. The van der Waals surface area contributed by atoms with Crippen LogP contribution in [0, 0.1) is 0 Å². The number of furan rings is 2. The minimum absolute atomic E-state index is 0.933. The van der Waals surface area contributed by atoms with E-state index in [1.54, 1.807) is 10.4 Å². The lowest BCUT2D eigenvalue weighted by atomic mass is 10.2. The average molecular weight is 876 g/mol. The lowest BCUT2D eigenvalue weighted by Gasteiger charge is -2.37. The van der Waals surface area contributed by atoms with E-state index in [-0.39, 0.29) is 0 Å². The molecule has 0 bridgehead atoms. The van der Waals surface area contributed by atoms with Crippen LogP contribution in [-0.4, -0.2) is 27.6 Å². The molecular formula is C53H75NO2P2Si2. The van der Waals surface area contributed by atoms with E-state index in [1.165, 1.54) is 135 Å². The minimum atomic E-state index is -1.66. The molecule has 60 heavy (non-hydrogen) atoms. The lowest BCUT2D eigenvalue weighted by Crippen LogP contribution is -2.48. The van der Waals surface area contributed by atoms with E-state index in [0.717, 1.165) is 21.9 Å². The monoisotopic (exact) mass is 875 g/mol. The highest BCUT2D eigenvalue weighted by atomic mass is 31.2. The Labute approximate surface area is 368 Å². The van der Waals surface area contributed by atoms with Gasteiger partial charge in [0.25, 0.3) is 0 Å². The van der Waals surface area contributed by atoms with E-state index in [4.69, 9.17) is 8.83 Å². The lowest BCUT2D eigenvalue weighted by molar-refractivity contribution is 0.617. The zero-order chi connectivity index (χ0) is 42.4. The van der Waals surface area contributed by atoms with Gasteiger partial charge < -0.3 is 8.83 Å². The SMILES string of the molecule is CCCC[Si](CCCC)(CCCC)c1ccc(P(c2ccc([Si](CCCC)(CCCC)CCCC)cc2)N(C)P(c2cccc3ccoc23)c2cccc3ccoc23)cc1. The van der Waals surface area contributed by atoms with Gasteiger partial charge in [-0.2, -0.15) is 0 Å². The number of hydrogen-bond acceptors (Lipinski definition) is 3. The van der Waals surface area contributed by atoms with Crippen molar-refractivity contribution in [2.45, 2.75) is 155 Å². The normalized spacial score (nSPS) is 12.6. The number of fused-ring (bicyclic) bond motifs is 2. The summed E-state index contributed by atoms with van der Waals surface area (Å²) in [4.78, 5) is 0. The van der Waals surface area contributed by atoms with E-state index in [2.05, 4.69) is 150 Å². The predicted molar refractivity (Wildman–Crippen MR) is 275 cm³/mol. The second-order valence-electron chi connectivity index (χ2n) is 17.6. The predicted octanol–water partition coefficient (Wildman–Crippen LogP) is 14.6. The molecule has 0 amide bonds. The molecule has 0 saturated heterocycles. The standard InChI is InChI=1S/C53H75NO2P2Si2/c1-8-14-38-59(39-15-9-2,40-16-10-3)48-30-26-46(27-31-48)57(47-28-32-49(33-29-47)60(41-17-11-4,42-18-12-5)43-19-13-6)54(7)58(50-24-20-22-44-34-36-55-52(44)50)51-25-21-23-45-35-37-56-53(45)51/h20-37H,8-19,38-43H2,1-7H3.